The Morgan fingerprint density at radius 2 is 1.81 bits per heavy atom. The van der Waals surface area contributed by atoms with E-state index >= 15 is 0 Å². The van der Waals surface area contributed by atoms with Crippen LogP contribution >= 0.6 is 0 Å². The number of ether oxygens (including phenoxy) is 2. The fourth-order valence-corrected chi connectivity index (χ4v) is 4.41. The monoisotopic (exact) mass is 450 g/mol. The van der Waals surface area contributed by atoms with Crippen LogP contribution in [0.15, 0.2) is 42.5 Å². The lowest BCUT2D eigenvalue weighted by molar-refractivity contribution is 0.0600. The molecule has 0 saturated carbocycles. The molecule has 31 heavy (non-hydrogen) atoms. The number of hydrogen-bond donors (Lipinski definition) is 0. The zero-order valence-electron chi connectivity index (χ0n) is 17.2. The molecule has 2 aromatic rings. The van der Waals surface area contributed by atoms with Crippen LogP contribution < -0.4 is 9.64 Å². The average Bonchev–Trinajstić information content (AvgIpc) is 2.77. The minimum atomic E-state index is -3.17. The summed E-state index contributed by atoms with van der Waals surface area (Å²) >= 11 is 0. The minimum Gasteiger partial charge on any atom is -0.497 e. The molecule has 10 heteroatoms. The topological polar surface area (TPSA) is 93.2 Å². The first kappa shape index (κ1) is 22.5. The van der Waals surface area contributed by atoms with Crippen LogP contribution in [0.3, 0.4) is 0 Å². The smallest absolute Gasteiger partial charge is 0.337 e. The van der Waals surface area contributed by atoms with E-state index in [0.717, 1.165) is 6.07 Å². The Kier molecular flexibility index (Phi) is 6.79. The van der Waals surface area contributed by atoms with Crippen LogP contribution in [0.4, 0.5) is 14.9 Å². The Balaban J connectivity index is 1.92. The van der Waals surface area contributed by atoms with E-state index in [-0.39, 0.29) is 42.3 Å². The van der Waals surface area contributed by atoms with Crippen LogP contribution in [0.25, 0.3) is 0 Å². The summed E-state index contributed by atoms with van der Waals surface area (Å²) in [4.78, 5) is 27.7. The molecule has 1 aliphatic heterocycles. The number of carbonyl (C=O) groups is 2. The molecule has 0 spiro atoms. The molecule has 0 unspecified atom stereocenters. The predicted octanol–water partition coefficient (Wildman–Crippen LogP) is 2.48. The van der Waals surface area contributed by atoms with Gasteiger partial charge in [0, 0.05) is 30.4 Å². The van der Waals surface area contributed by atoms with Gasteiger partial charge in [0.25, 0.3) is 0 Å². The lowest BCUT2D eigenvalue weighted by Gasteiger charge is -2.33. The van der Waals surface area contributed by atoms with Gasteiger partial charge in [-0.15, -0.1) is 0 Å². The van der Waals surface area contributed by atoms with Crippen molar-refractivity contribution in [1.29, 1.82) is 0 Å². The van der Waals surface area contributed by atoms with Gasteiger partial charge in [0.2, 0.25) is 0 Å². The Hall–Kier alpha value is -3.14. The Morgan fingerprint density at radius 1 is 1.10 bits per heavy atom. The second-order valence-electron chi connectivity index (χ2n) is 7.01. The molecule has 2 amide bonds. The summed E-state index contributed by atoms with van der Waals surface area (Å²) < 4.78 is 48.0. The lowest BCUT2D eigenvalue weighted by atomic mass is 10.1. The molecular formula is C21H23FN2O6S. The van der Waals surface area contributed by atoms with Crippen molar-refractivity contribution in [2.45, 2.75) is 6.54 Å². The molecule has 0 aromatic heterocycles. The number of benzene rings is 2. The van der Waals surface area contributed by atoms with Gasteiger partial charge in [-0.05, 0) is 24.3 Å². The lowest BCUT2D eigenvalue weighted by Crippen LogP contribution is -2.49. The number of nitrogens with zero attached hydrogens (tertiary/aromatic N) is 2. The average molecular weight is 450 g/mol. The van der Waals surface area contributed by atoms with E-state index in [1.54, 1.807) is 24.3 Å². The molecule has 0 N–H and O–H groups in total. The number of anilines is 1. The highest BCUT2D eigenvalue weighted by atomic mass is 32.2. The first-order chi connectivity index (χ1) is 14.7. The van der Waals surface area contributed by atoms with E-state index in [0.29, 0.717) is 11.4 Å². The number of urea groups is 1. The molecule has 1 saturated heterocycles. The van der Waals surface area contributed by atoms with Gasteiger partial charge in [-0.3, -0.25) is 4.90 Å². The highest BCUT2D eigenvalue weighted by Crippen LogP contribution is 2.25. The van der Waals surface area contributed by atoms with Crippen LogP contribution in [-0.2, 0) is 21.1 Å². The minimum absolute atomic E-state index is 0.0595. The molecule has 0 aliphatic carbocycles. The van der Waals surface area contributed by atoms with Crippen LogP contribution in [0.2, 0.25) is 0 Å². The molecular weight excluding hydrogens is 427 g/mol. The maximum atomic E-state index is 14.7. The largest absolute Gasteiger partial charge is 0.497 e. The van der Waals surface area contributed by atoms with E-state index < -0.39 is 27.7 Å². The molecule has 8 nitrogen and oxygen atoms in total. The Bertz CT molecular complexity index is 1080. The molecule has 1 fully saturated rings. The number of carbonyl (C=O) groups excluding carboxylic acids is 2. The molecule has 0 atom stereocenters. The summed E-state index contributed by atoms with van der Waals surface area (Å²) in [6, 6.07) is 10.2. The summed E-state index contributed by atoms with van der Waals surface area (Å²) in [5.74, 6) is -1.05. The van der Waals surface area contributed by atoms with E-state index in [2.05, 4.69) is 4.74 Å². The van der Waals surface area contributed by atoms with Gasteiger partial charge < -0.3 is 14.4 Å². The predicted molar refractivity (Wildman–Crippen MR) is 113 cm³/mol. The van der Waals surface area contributed by atoms with Gasteiger partial charge in [-0.1, -0.05) is 12.1 Å². The van der Waals surface area contributed by atoms with E-state index in [1.165, 1.54) is 36.2 Å². The number of methoxy groups -OCH3 is 2. The standard InChI is InChI=1S/C21H23FN2O6S/c1-29-18-5-3-4-17(13-18)24(21(26)23-8-10-31(27,28)11-9-23)14-16-7-6-15(12-19(16)22)20(25)30-2/h3-7,12-13H,8-11,14H2,1-2H3. The van der Waals surface area contributed by atoms with Crippen molar-refractivity contribution in [3.05, 3.63) is 59.4 Å². The number of hydrogen-bond acceptors (Lipinski definition) is 6. The van der Waals surface area contributed by atoms with E-state index in [1.807, 2.05) is 0 Å². The molecule has 166 valence electrons. The highest BCUT2D eigenvalue weighted by Gasteiger charge is 2.29. The van der Waals surface area contributed by atoms with Gasteiger partial charge in [0.1, 0.15) is 11.6 Å². The number of amides is 2. The quantitative estimate of drug-likeness (QED) is 0.650. The molecule has 0 bridgehead atoms. The third kappa shape index (κ3) is 5.32. The molecule has 2 aromatic carbocycles. The maximum absolute atomic E-state index is 14.7. The van der Waals surface area contributed by atoms with Crippen LogP contribution in [0.1, 0.15) is 15.9 Å². The van der Waals surface area contributed by atoms with Gasteiger partial charge in [0.05, 0.1) is 37.8 Å². The summed E-state index contributed by atoms with van der Waals surface area (Å²) in [5, 5.41) is 0. The number of sulfone groups is 1. The highest BCUT2D eigenvalue weighted by molar-refractivity contribution is 7.91. The zero-order chi connectivity index (χ0) is 22.6. The Labute approximate surface area is 180 Å². The summed E-state index contributed by atoms with van der Waals surface area (Å²) in [7, 11) is -0.471. The number of rotatable bonds is 5. The van der Waals surface area contributed by atoms with Crippen molar-refractivity contribution < 1.29 is 31.9 Å². The van der Waals surface area contributed by atoms with Crippen molar-refractivity contribution in [1.82, 2.24) is 4.90 Å². The zero-order valence-corrected chi connectivity index (χ0v) is 18.0. The van der Waals surface area contributed by atoms with E-state index in [9.17, 15) is 22.4 Å². The maximum Gasteiger partial charge on any atom is 0.337 e. The summed E-state index contributed by atoms with van der Waals surface area (Å²) in [6.45, 7) is -0.000666. The van der Waals surface area contributed by atoms with Crippen LogP contribution in [-0.4, -0.2) is 64.1 Å². The molecule has 0 radical (unpaired) electrons. The van der Waals surface area contributed by atoms with Crippen molar-refractivity contribution >= 4 is 27.5 Å². The summed E-state index contributed by atoms with van der Waals surface area (Å²) in [5.41, 5.74) is 0.715. The van der Waals surface area contributed by atoms with Crippen molar-refractivity contribution in [3.63, 3.8) is 0 Å². The Morgan fingerprint density at radius 3 is 2.42 bits per heavy atom. The van der Waals surface area contributed by atoms with Gasteiger partial charge in [-0.2, -0.15) is 0 Å². The summed E-state index contributed by atoms with van der Waals surface area (Å²) in [6.07, 6.45) is 0. The van der Waals surface area contributed by atoms with Crippen LogP contribution in [0, 0.1) is 5.82 Å². The molecule has 1 heterocycles. The molecule has 1 aliphatic rings. The number of esters is 1. The fraction of sp³-hybridized carbons (Fsp3) is 0.333. The first-order valence-electron chi connectivity index (χ1n) is 9.52. The molecule has 3 rings (SSSR count). The van der Waals surface area contributed by atoms with Crippen LogP contribution in [0.5, 0.6) is 5.75 Å². The first-order valence-corrected chi connectivity index (χ1v) is 11.3. The normalized spacial score (nSPS) is 15.3. The van der Waals surface area contributed by atoms with Crippen molar-refractivity contribution in [2.75, 3.05) is 43.7 Å². The van der Waals surface area contributed by atoms with Gasteiger partial charge in [-0.25, -0.2) is 22.4 Å². The number of halogens is 1. The fourth-order valence-electron chi connectivity index (χ4n) is 3.21. The second-order valence-corrected chi connectivity index (χ2v) is 9.31. The van der Waals surface area contributed by atoms with Gasteiger partial charge >= 0.3 is 12.0 Å². The van der Waals surface area contributed by atoms with Crippen molar-refractivity contribution in [2.24, 2.45) is 0 Å². The SMILES string of the molecule is COC(=O)c1ccc(CN(C(=O)N2CCS(=O)(=O)CC2)c2cccc(OC)c2)c(F)c1. The second kappa shape index (κ2) is 9.34. The van der Waals surface area contributed by atoms with E-state index in [4.69, 9.17) is 4.74 Å². The van der Waals surface area contributed by atoms with Crippen molar-refractivity contribution in [3.8, 4) is 5.75 Å². The third-order valence-corrected chi connectivity index (χ3v) is 6.62. The third-order valence-electron chi connectivity index (χ3n) is 5.01. The van der Waals surface area contributed by atoms with Gasteiger partial charge in [0.15, 0.2) is 9.84 Å².